The summed E-state index contributed by atoms with van der Waals surface area (Å²) in [7, 11) is 0. The summed E-state index contributed by atoms with van der Waals surface area (Å²) in [5, 5.41) is 22.5. The van der Waals surface area contributed by atoms with Crippen LogP contribution in [0.2, 0.25) is 0 Å². The van der Waals surface area contributed by atoms with Crippen LogP contribution in [0.1, 0.15) is 5.56 Å². The predicted octanol–water partition coefficient (Wildman–Crippen LogP) is 2.11. The highest BCUT2D eigenvalue weighted by Gasteiger charge is 2.06. The lowest BCUT2D eigenvalue weighted by molar-refractivity contribution is 0.105. The molecule has 0 saturated carbocycles. The molecule has 5 nitrogen and oxygen atoms in total. The lowest BCUT2D eigenvalue weighted by atomic mass is 10.2. The van der Waals surface area contributed by atoms with Gasteiger partial charge >= 0.3 is 0 Å². The van der Waals surface area contributed by atoms with Gasteiger partial charge in [-0.15, -0.1) is 0 Å². The van der Waals surface area contributed by atoms with E-state index < -0.39 is 6.10 Å². The number of phenolic OH excluding ortho intramolecular Hbond substituents is 1. The lowest BCUT2D eigenvalue weighted by Gasteiger charge is -2.14. The van der Waals surface area contributed by atoms with Gasteiger partial charge in [-0.05, 0) is 30.7 Å². The summed E-state index contributed by atoms with van der Waals surface area (Å²) in [6, 6.07) is 14.5. The van der Waals surface area contributed by atoms with Crippen molar-refractivity contribution < 1.29 is 19.7 Å². The van der Waals surface area contributed by atoms with Gasteiger partial charge in [0.25, 0.3) is 0 Å². The molecule has 0 bridgehead atoms. The van der Waals surface area contributed by atoms with Gasteiger partial charge in [0.2, 0.25) is 0 Å². The zero-order valence-electron chi connectivity index (χ0n) is 13.2. The molecule has 0 amide bonds. The second-order valence-electron chi connectivity index (χ2n) is 5.25. The van der Waals surface area contributed by atoms with Crippen molar-refractivity contribution in [2.45, 2.75) is 13.0 Å². The fourth-order valence-electron chi connectivity index (χ4n) is 2.04. The first kappa shape index (κ1) is 17.1. The third-order valence-electron chi connectivity index (χ3n) is 3.31. The molecule has 3 N–H and O–H groups in total. The Morgan fingerprint density at radius 2 is 1.70 bits per heavy atom. The van der Waals surface area contributed by atoms with Gasteiger partial charge < -0.3 is 25.0 Å². The van der Waals surface area contributed by atoms with Crippen molar-refractivity contribution in [3.63, 3.8) is 0 Å². The van der Waals surface area contributed by atoms with Gasteiger partial charge in [0.15, 0.2) is 11.5 Å². The normalized spacial score (nSPS) is 11.9. The van der Waals surface area contributed by atoms with Crippen LogP contribution in [0.3, 0.4) is 0 Å². The second-order valence-corrected chi connectivity index (χ2v) is 5.25. The topological polar surface area (TPSA) is 71.0 Å². The number of phenols is 1. The molecule has 0 radical (unpaired) electrons. The highest BCUT2D eigenvalue weighted by molar-refractivity contribution is 5.37. The van der Waals surface area contributed by atoms with E-state index in [1.54, 1.807) is 24.3 Å². The van der Waals surface area contributed by atoms with Crippen LogP contribution in [0.25, 0.3) is 0 Å². The van der Waals surface area contributed by atoms with Gasteiger partial charge in [0.1, 0.15) is 25.1 Å². The van der Waals surface area contributed by atoms with Gasteiger partial charge in [0.05, 0.1) is 0 Å². The molecule has 0 spiro atoms. The molecule has 0 fully saturated rings. The van der Waals surface area contributed by atoms with Crippen LogP contribution < -0.4 is 14.8 Å². The number of para-hydroxylation sites is 3. The predicted molar refractivity (Wildman–Crippen MR) is 89.2 cm³/mol. The molecule has 124 valence electrons. The van der Waals surface area contributed by atoms with Crippen molar-refractivity contribution in [2.24, 2.45) is 0 Å². The average molecular weight is 317 g/mol. The van der Waals surface area contributed by atoms with Crippen molar-refractivity contribution in [3.05, 3.63) is 54.1 Å². The van der Waals surface area contributed by atoms with Crippen molar-refractivity contribution >= 4 is 0 Å². The van der Waals surface area contributed by atoms with Crippen molar-refractivity contribution in [3.8, 4) is 17.2 Å². The Hall–Kier alpha value is -2.24. The van der Waals surface area contributed by atoms with Gasteiger partial charge in [-0.2, -0.15) is 0 Å². The number of nitrogens with one attached hydrogen (secondary N) is 1. The fraction of sp³-hybridized carbons (Fsp3) is 0.333. The van der Waals surface area contributed by atoms with Crippen LogP contribution >= 0.6 is 0 Å². The molecule has 23 heavy (non-hydrogen) atoms. The number of rotatable bonds is 9. The number of aliphatic hydroxyl groups is 1. The summed E-state index contributed by atoms with van der Waals surface area (Å²) in [5.74, 6) is 1.37. The quantitative estimate of drug-likeness (QED) is 0.618. The summed E-state index contributed by atoms with van der Waals surface area (Å²) >= 11 is 0. The summed E-state index contributed by atoms with van der Waals surface area (Å²) < 4.78 is 11.0. The Balaban J connectivity index is 1.59. The van der Waals surface area contributed by atoms with E-state index in [1.807, 2.05) is 31.2 Å². The first-order chi connectivity index (χ1) is 11.2. The maximum absolute atomic E-state index is 9.89. The number of benzene rings is 2. The minimum absolute atomic E-state index is 0.124. The molecule has 0 aliphatic rings. The molecular formula is C18H23NO4. The zero-order chi connectivity index (χ0) is 16.5. The van der Waals surface area contributed by atoms with Crippen LogP contribution in [-0.4, -0.2) is 42.6 Å². The smallest absolute Gasteiger partial charge is 0.160 e. The fourth-order valence-corrected chi connectivity index (χ4v) is 2.04. The maximum atomic E-state index is 9.89. The zero-order valence-corrected chi connectivity index (χ0v) is 13.2. The molecule has 0 aromatic heterocycles. The summed E-state index contributed by atoms with van der Waals surface area (Å²) in [4.78, 5) is 0. The van der Waals surface area contributed by atoms with Gasteiger partial charge in [-0.1, -0.05) is 30.3 Å². The lowest BCUT2D eigenvalue weighted by Crippen LogP contribution is -2.33. The standard InChI is InChI=1S/C18H23NO4/c1-14-6-2-4-8-17(14)23-13-15(20)12-19-10-11-22-18-9-5-3-7-16(18)21/h2-9,15,19-21H,10-13H2,1H3. The second kappa shape index (κ2) is 9.02. The number of hydrogen-bond acceptors (Lipinski definition) is 5. The minimum Gasteiger partial charge on any atom is -0.504 e. The summed E-state index contributed by atoms with van der Waals surface area (Å²) in [6.45, 7) is 3.59. The third-order valence-corrected chi connectivity index (χ3v) is 3.31. The van der Waals surface area contributed by atoms with Crippen molar-refractivity contribution in [2.75, 3.05) is 26.3 Å². The number of aryl methyl sites for hydroxylation is 1. The van der Waals surface area contributed by atoms with Crippen LogP contribution in [0.15, 0.2) is 48.5 Å². The molecule has 0 aliphatic heterocycles. The number of aliphatic hydroxyl groups excluding tert-OH is 1. The molecule has 5 heteroatoms. The van der Waals surface area contributed by atoms with Crippen molar-refractivity contribution in [1.82, 2.24) is 5.32 Å². The summed E-state index contributed by atoms with van der Waals surface area (Å²) in [6.07, 6.45) is -0.597. The Kier molecular flexibility index (Phi) is 6.72. The van der Waals surface area contributed by atoms with Gasteiger partial charge in [-0.25, -0.2) is 0 Å². The monoisotopic (exact) mass is 317 g/mol. The van der Waals surface area contributed by atoms with E-state index in [0.717, 1.165) is 11.3 Å². The van der Waals surface area contributed by atoms with E-state index in [0.29, 0.717) is 25.4 Å². The average Bonchev–Trinajstić information content (AvgIpc) is 2.55. The molecule has 1 unspecified atom stereocenters. The van der Waals surface area contributed by atoms with Crippen LogP contribution in [-0.2, 0) is 0 Å². The first-order valence-electron chi connectivity index (χ1n) is 7.65. The summed E-state index contributed by atoms with van der Waals surface area (Å²) in [5.41, 5.74) is 1.05. The number of hydrogen-bond donors (Lipinski definition) is 3. The van der Waals surface area contributed by atoms with E-state index in [2.05, 4.69) is 5.32 Å². The highest BCUT2D eigenvalue weighted by Crippen LogP contribution is 2.23. The molecule has 1 atom stereocenters. The molecule has 0 aliphatic carbocycles. The number of ether oxygens (including phenoxy) is 2. The van der Waals surface area contributed by atoms with E-state index >= 15 is 0 Å². The number of aromatic hydroxyl groups is 1. The van der Waals surface area contributed by atoms with E-state index in [-0.39, 0.29) is 12.4 Å². The molecule has 0 heterocycles. The Morgan fingerprint density at radius 1 is 1.00 bits per heavy atom. The van der Waals surface area contributed by atoms with Crippen molar-refractivity contribution in [1.29, 1.82) is 0 Å². The molecule has 2 rings (SSSR count). The third kappa shape index (κ3) is 5.81. The SMILES string of the molecule is Cc1ccccc1OCC(O)CNCCOc1ccccc1O. The molecule has 2 aromatic carbocycles. The van der Waals surface area contributed by atoms with Crippen LogP contribution in [0, 0.1) is 6.92 Å². The highest BCUT2D eigenvalue weighted by atomic mass is 16.5. The Morgan fingerprint density at radius 3 is 2.43 bits per heavy atom. The van der Waals surface area contributed by atoms with E-state index in [1.165, 1.54) is 0 Å². The van der Waals surface area contributed by atoms with Crippen LogP contribution in [0.5, 0.6) is 17.2 Å². The van der Waals surface area contributed by atoms with Crippen LogP contribution in [0.4, 0.5) is 0 Å². The molecular weight excluding hydrogens is 294 g/mol. The van der Waals surface area contributed by atoms with E-state index in [4.69, 9.17) is 9.47 Å². The molecule has 0 saturated heterocycles. The minimum atomic E-state index is -0.597. The first-order valence-corrected chi connectivity index (χ1v) is 7.65. The molecule has 2 aromatic rings. The Bertz CT molecular complexity index is 603. The van der Waals surface area contributed by atoms with Gasteiger partial charge in [0, 0.05) is 13.1 Å². The van der Waals surface area contributed by atoms with Gasteiger partial charge in [-0.3, -0.25) is 0 Å². The Labute approximate surface area is 136 Å². The van der Waals surface area contributed by atoms with E-state index in [9.17, 15) is 10.2 Å². The largest absolute Gasteiger partial charge is 0.504 e. The maximum Gasteiger partial charge on any atom is 0.160 e.